The summed E-state index contributed by atoms with van der Waals surface area (Å²) in [6, 6.07) is 7.61. The van der Waals surface area contributed by atoms with Crippen molar-refractivity contribution in [2.24, 2.45) is 0 Å². The quantitative estimate of drug-likeness (QED) is 0.628. The molecule has 0 spiro atoms. The van der Waals surface area contributed by atoms with E-state index in [2.05, 4.69) is 9.88 Å². The predicted molar refractivity (Wildman–Crippen MR) is 105 cm³/mol. The maximum absolute atomic E-state index is 13.5. The molecular weight excluding hydrogens is 419 g/mol. The zero-order valence-corrected chi connectivity index (χ0v) is 17.2. The summed E-state index contributed by atoms with van der Waals surface area (Å²) in [6.07, 6.45) is -1.21. The van der Waals surface area contributed by atoms with Gasteiger partial charge >= 0.3 is 6.18 Å². The second kappa shape index (κ2) is 9.86. The Hall–Kier alpha value is -2.01. The highest BCUT2D eigenvalue weighted by atomic mass is 32.2. The van der Waals surface area contributed by atoms with Gasteiger partial charge in [-0.15, -0.1) is 0 Å². The Balaban J connectivity index is 1.84. The Kier molecular flexibility index (Phi) is 7.45. The van der Waals surface area contributed by atoms with E-state index in [1.54, 1.807) is 12.1 Å². The van der Waals surface area contributed by atoms with Crippen molar-refractivity contribution in [2.75, 3.05) is 39.4 Å². The monoisotopic (exact) mass is 443 g/mol. The maximum Gasteiger partial charge on any atom is 0.417 e. The Morgan fingerprint density at radius 2 is 1.73 bits per heavy atom. The van der Waals surface area contributed by atoms with Gasteiger partial charge in [-0.05, 0) is 42.8 Å². The molecule has 1 aliphatic rings. The number of pyridine rings is 1. The first-order valence-electron chi connectivity index (χ1n) is 9.64. The summed E-state index contributed by atoms with van der Waals surface area (Å²) < 4.78 is 73.3. The van der Waals surface area contributed by atoms with E-state index in [0.29, 0.717) is 31.7 Å². The lowest BCUT2D eigenvalue weighted by molar-refractivity contribution is -0.139. The van der Waals surface area contributed by atoms with Gasteiger partial charge in [0.2, 0.25) is 10.0 Å². The number of alkyl halides is 3. The molecule has 2 heterocycles. The number of morpholine rings is 1. The molecule has 0 aliphatic carbocycles. The first-order chi connectivity index (χ1) is 14.3. The number of ether oxygens (including phenoxy) is 1. The molecule has 1 fully saturated rings. The van der Waals surface area contributed by atoms with E-state index < -0.39 is 26.7 Å². The summed E-state index contributed by atoms with van der Waals surface area (Å²) in [5, 5.41) is 0. The fraction of sp³-hybridized carbons (Fsp3) is 0.450. The normalized spacial score (nSPS) is 16.1. The maximum atomic E-state index is 13.5. The number of halogens is 3. The largest absolute Gasteiger partial charge is 0.417 e. The van der Waals surface area contributed by atoms with Gasteiger partial charge in [-0.1, -0.05) is 12.1 Å². The van der Waals surface area contributed by atoms with Crippen LogP contribution in [0, 0.1) is 0 Å². The SMILES string of the molecule is O=S(=O)(c1ccccc1C(F)(F)F)N(CCCN1CCOCC1)Cc1ccncc1. The Bertz CT molecular complexity index is 918. The zero-order chi connectivity index (χ0) is 21.6. The third kappa shape index (κ3) is 5.78. The van der Waals surface area contributed by atoms with Crippen LogP contribution in [0.15, 0.2) is 53.7 Å². The third-order valence-electron chi connectivity index (χ3n) is 4.90. The lowest BCUT2D eigenvalue weighted by Gasteiger charge is -2.28. The van der Waals surface area contributed by atoms with Crippen LogP contribution in [0.25, 0.3) is 0 Å². The molecule has 3 rings (SSSR count). The number of aromatic nitrogens is 1. The molecule has 1 aromatic carbocycles. The van der Waals surface area contributed by atoms with Gasteiger partial charge < -0.3 is 4.74 Å². The number of benzene rings is 1. The van der Waals surface area contributed by atoms with E-state index in [-0.39, 0.29) is 13.1 Å². The molecule has 164 valence electrons. The van der Waals surface area contributed by atoms with Crippen molar-refractivity contribution in [3.05, 3.63) is 59.9 Å². The molecule has 0 atom stereocenters. The van der Waals surface area contributed by atoms with Crippen molar-refractivity contribution in [3.63, 3.8) is 0 Å². The predicted octanol–water partition coefficient (Wildman–Crippen LogP) is 3.01. The molecule has 0 saturated carbocycles. The van der Waals surface area contributed by atoms with E-state index in [0.717, 1.165) is 29.5 Å². The zero-order valence-electron chi connectivity index (χ0n) is 16.4. The van der Waals surface area contributed by atoms with Gasteiger partial charge in [0, 0.05) is 38.6 Å². The molecule has 10 heteroatoms. The van der Waals surface area contributed by atoms with Crippen LogP contribution in [0.5, 0.6) is 0 Å². The van der Waals surface area contributed by atoms with Crippen LogP contribution >= 0.6 is 0 Å². The average Bonchev–Trinajstić information content (AvgIpc) is 2.74. The molecule has 1 aliphatic heterocycles. The van der Waals surface area contributed by atoms with Gasteiger partial charge in [-0.25, -0.2) is 8.42 Å². The molecule has 6 nitrogen and oxygen atoms in total. The summed E-state index contributed by atoms with van der Waals surface area (Å²) in [7, 11) is -4.37. The van der Waals surface area contributed by atoms with Gasteiger partial charge in [0.25, 0.3) is 0 Å². The molecule has 0 amide bonds. The third-order valence-corrected chi connectivity index (χ3v) is 6.81. The standard InChI is InChI=1S/C20H24F3N3O3S/c21-20(22,23)18-4-1-2-5-19(18)30(27,28)26(16-17-6-8-24-9-7-17)11-3-10-25-12-14-29-15-13-25/h1-2,4-9H,3,10-16H2. The second-order valence-corrected chi connectivity index (χ2v) is 8.90. The van der Waals surface area contributed by atoms with Crippen molar-refractivity contribution >= 4 is 10.0 Å². The van der Waals surface area contributed by atoms with Crippen LogP contribution in [0.4, 0.5) is 13.2 Å². The summed E-state index contributed by atoms with van der Waals surface area (Å²) in [5.74, 6) is 0. The van der Waals surface area contributed by atoms with Crippen LogP contribution in [-0.2, 0) is 27.5 Å². The molecule has 1 saturated heterocycles. The molecular formula is C20H24F3N3O3S. The van der Waals surface area contributed by atoms with E-state index in [1.807, 2.05) is 0 Å². The second-order valence-electron chi connectivity index (χ2n) is 7.00. The average molecular weight is 443 g/mol. The van der Waals surface area contributed by atoms with E-state index in [9.17, 15) is 21.6 Å². The van der Waals surface area contributed by atoms with E-state index in [1.165, 1.54) is 24.5 Å². The van der Waals surface area contributed by atoms with Gasteiger partial charge in [0.1, 0.15) is 0 Å². The summed E-state index contributed by atoms with van der Waals surface area (Å²) in [4.78, 5) is 5.34. The van der Waals surface area contributed by atoms with E-state index in [4.69, 9.17) is 4.74 Å². The van der Waals surface area contributed by atoms with Crippen LogP contribution in [0.3, 0.4) is 0 Å². The number of rotatable bonds is 8. The fourth-order valence-electron chi connectivity index (χ4n) is 3.34. The number of nitrogens with zero attached hydrogens (tertiary/aromatic N) is 3. The highest BCUT2D eigenvalue weighted by molar-refractivity contribution is 7.89. The topological polar surface area (TPSA) is 62.7 Å². The Labute approximate surface area is 174 Å². The van der Waals surface area contributed by atoms with Crippen LogP contribution in [0.1, 0.15) is 17.5 Å². The highest BCUT2D eigenvalue weighted by Gasteiger charge is 2.38. The van der Waals surface area contributed by atoms with Gasteiger partial charge in [0.05, 0.1) is 23.7 Å². The molecule has 2 aromatic rings. The smallest absolute Gasteiger partial charge is 0.379 e. The van der Waals surface area contributed by atoms with Crippen LogP contribution in [-0.4, -0.2) is 62.0 Å². The van der Waals surface area contributed by atoms with Crippen molar-refractivity contribution < 1.29 is 26.3 Å². The Morgan fingerprint density at radius 3 is 2.40 bits per heavy atom. The molecule has 0 bridgehead atoms. The number of sulfonamides is 1. The molecule has 0 radical (unpaired) electrons. The van der Waals surface area contributed by atoms with Crippen LogP contribution in [0.2, 0.25) is 0 Å². The van der Waals surface area contributed by atoms with Gasteiger partial charge in [-0.3, -0.25) is 9.88 Å². The molecule has 1 aromatic heterocycles. The minimum Gasteiger partial charge on any atom is -0.379 e. The van der Waals surface area contributed by atoms with Crippen molar-refractivity contribution in [2.45, 2.75) is 24.0 Å². The molecule has 30 heavy (non-hydrogen) atoms. The van der Waals surface area contributed by atoms with Crippen molar-refractivity contribution in [3.8, 4) is 0 Å². The van der Waals surface area contributed by atoms with Crippen LogP contribution < -0.4 is 0 Å². The molecule has 0 unspecified atom stereocenters. The van der Waals surface area contributed by atoms with E-state index >= 15 is 0 Å². The molecule has 0 N–H and O–H groups in total. The first kappa shape index (κ1) is 22.7. The summed E-state index contributed by atoms with van der Waals surface area (Å²) >= 11 is 0. The van der Waals surface area contributed by atoms with Crippen molar-refractivity contribution in [1.82, 2.24) is 14.2 Å². The minimum atomic E-state index is -4.76. The lowest BCUT2D eigenvalue weighted by atomic mass is 10.2. The fourth-order valence-corrected chi connectivity index (χ4v) is 5.02. The van der Waals surface area contributed by atoms with Gasteiger partial charge in [0.15, 0.2) is 0 Å². The van der Waals surface area contributed by atoms with Crippen molar-refractivity contribution in [1.29, 1.82) is 0 Å². The minimum absolute atomic E-state index is 0.0276. The lowest BCUT2D eigenvalue weighted by Crippen LogP contribution is -2.39. The summed E-state index contributed by atoms with van der Waals surface area (Å²) in [6.45, 7) is 3.49. The number of hydrogen-bond donors (Lipinski definition) is 0. The Morgan fingerprint density at radius 1 is 1.07 bits per heavy atom. The highest BCUT2D eigenvalue weighted by Crippen LogP contribution is 2.35. The van der Waals surface area contributed by atoms with Gasteiger partial charge in [-0.2, -0.15) is 17.5 Å². The number of hydrogen-bond acceptors (Lipinski definition) is 5. The first-order valence-corrected chi connectivity index (χ1v) is 11.1. The summed E-state index contributed by atoms with van der Waals surface area (Å²) in [5.41, 5.74) is -0.498.